The number of methoxy groups -OCH3 is 1. The van der Waals surface area contributed by atoms with Crippen molar-refractivity contribution in [2.75, 3.05) is 7.11 Å². The summed E-state index contributed by atoms with van der Waals surface area (Å²) in [5.41, 5.74) is 6.11. The molecule has 3 heterocycles. The molecular weight excluding hydrogens is 502 g/mol. The molecular formula is C31H35N7O2. The maximum atomic E-state index is 14.0. The molecule has 0 aliphatic rings. The Balaban J connectivity index is 1.54. The fraction of sp³-hybridized carbons (Fsp3) is 0.323. The van der Waals surface area contributed by atoms with Gasteiger partial charge in [-0.25, -0.2) is 9.89 Å². The first-order chi connectivity index (χ1) is 19.3. The summed E-state index contributed by atoms with van der Waals surface area (Å²) in [5.74, 6) is 1.27. The highest BCUT2D eigenvalue weighted by atomic mass is 16.5. The highest BCUT2D eigenvalue weighted by Crippen LogP contribution is 2.34. The van der Waals surface area contributed by atoms with Crippen LogP contribution in [0.5, 0.6) is 5.75 Å². The van der Waals surface area contributed by atoms with Gasteiger partial charge in [-0.2, -0.15) is 0 Å². The van der Waals surface area contributed by atoms with Crippen molar-refractivity contribution < 1.29 is 4.74 Å². The van der Waals surface area contributed by atoms with Gasteiger partial charge in [0.15, 0.2) is 5.82 Å². The number of H-pyrrole nitrogens is 1. The van der Waals surface area contributed by atoms with E-state index in [9.17, 15) is 4.79 Å². The molecule has 0 spiro atoms. The number of aromatic amines is 1. The molecule has 9 nitrogen and oxygen atoms in total. The minimum absolute atomic E-state index is 0.0895. The summed E-state index contributed by atoms with van der Waals surface area (Å²) < 4.78 is 9.36. The number of para-hydroxylation sites is 1. The number of aryl methyl sites for hydroxylation is 1. The maximum Gasteiger partial charge on any atom is 0.333 e. The number of nitrogens with one attached hydrogen (secondary N) is 1. The fourth-order valence-electron chi connectivity index (χ4n) is 5.00. The quantitative estimate of drug-likeness (QED) is 0.263. The number of rotatable bonds is 9. The number of unbranched alkanes of at least 4 members (excludes halogenated alkanes) is 1. The largest absolute Gasteiger partial charge is 0.495 e. The molecule has 5 rings (SSSR count). The van der Waals surface area contributed by atoms with E-state index in [1.807, 2.05) is 65.5 Å². The fourth-order valence-corrected chi connectivity index (χ4v) is 5.00. The van der Waals surface area contributed by atoms with Crippen LogP contribution < -0.4 is 10.4 Å². The van der Waals surface area contributed by atoms with Gasteiger partial charge >= 0.3 is 5.69 Å². The molecule has 0 atom stereocenters. The van der Waals surface area contributed by atoms with Gasteiger partial charge in [0.05, 0.1) is 25.0 Å². The number of hydrogen-bond acceptors (Lipinski definition) is 6. The third kappa shape index (κ3) is 5.32. The molecule has 9 heteroatoms. The molecule has 5 aromatic rings. The van der Waals surface area contributed by atoms with Crippen LogP contribution in [0.15, 0.2) is 71.8 Å². The zero-order valence-corrected chi connectivity index (χ0v) is 23.7. The number of hydrogen-bond donors (Lipinski definition) is 1. The lowest BCUT2D eigenvalue weighted by atomic mass is 9.85. The Morgan fingerprint density at radius 1 is 1.00 bits per heavy atom. The van der Waals surface area contributed by atoms with Gasteiger partial charge in [0.25, 0.3) is 0 Å². The smallest absolute Gasteiger partial charge is 0.333 e. The van der Waals surface area contributed by atoms with Crippen molar-refractivity contribution in [3.63, 3.8) is 0 Å². The highest BCUT2D eigenvalue weighted by Gasteiger charge is 2.25. The van der Waals surface area contributed by atoms with E-state index in [2.05, 4.69) is 54.4 Å². The maximum absolute atomic E-state index is 14.0. The SMILES string of the molecule is CCCCc1cn(-c2c(OC)cccc2C(C)(C)C)c(=O)n1Cc1ccc(-c2ccccc2-c2nnn[nH]2)nc1. The van der Waals surface area contributed by atoms with Gasteiger partial charge in [-0.05, 0) is 51.9 Å². The van der Waals surface area contributed by atoms with E-state index >= 15 is 0 Å². The van der Waals surface area contributed by atoms with Gasteiger partial charge in [-0.3, -0.25) is 14.1 Å². The van der Waals surface area contributed by atoms with E-state index in [0.717, 1.165) is 58.6 Å². The van der Waals surface area contributed by atoms with E-state index in [0.29, 0.717) is 18.1 Å². The molecule has 3 aromatic heterocycles. The van der Waals surface area contributed by atoms with Crippen molar-refractivity contribution in [2.24, 2.45) is 0 Å². The molecule has 206 valence electrons. The molecule has 0 saturated carbocycles. The average molecular weight is 538 g/mol. The number of ether oxygens (including phenoxy) is 1. The first kappa shape index (κ1) is 27.1. The van der Waals surface area contributed by atoms with Crippen molar-refractivity contribution in [1.29, 1.82) is 0 Å². The predicted molar refractivity (Wildman–Crippen MR) is 156 cm³/mol. The molecule has 0 saturated heterocycles. The lowest BCUT2D eigenvalue weighted by Gasteiger charge is -2.24. The van der Waals surface area contributed by atoms with Gasteiger partial charge in [0.2, 0.25) is 0 Å². The number of nitrogens with zero attached hydrogens (tertiary/aromatic N) is 6. The average Bonchev–Trinajstić information content (AvgIpc) is 3.60. The van der Waals surface area contributed by atoms with E-state index in [-0.39, 0.29) is 11.1 Å². The number of imidazole rings is 1. The standard InChI is InChI=1S/C31H35N7O2/c1-6-7-11-22-20-38(28-25(31(2,3)4)14-10-15-27(28)40-5)30(39)37(22)19-21-16-17-26(32-18-21)23-12-8-9-13-24(23)29-33-35-36-34-29/h8-10,12-18,20H,6-7,11,19H2,1-5H3,(H,33,34,35,36). The first-order valence-corrected chi connectivity index (χ1v) is 13.6. The summed E-state index contributed by atoms with van der Waals surface area (Å²) in [7, 11) is 1.65. The van der Waals surface area contributed by atoms with Crippen molar-refractivity contribution in [3.8, 4) is 34.1 Å². The lowest BCUT2D eigenvalue weighted by Crippen LogP contribution is -2.27. The van der Waals surface area contributed by atoms with Crippen molar-refractivity contribution in [1.82, 2.24) is 34.7 Å². The summed E-state index contributed by atoms with van der Waals surface area (Å²) in [6.45, 7) is 9.03. The summed E-state index contributed by atoms with van der Waals surface area (Å²) in [6.07, 6.45) is 6.66. The van der Waals surface area contributed by atoms with Crippen molar-refractivity contribution in [3.05, 3.63) is 94.3 Å². The Morgan fingerprint density at radius 2 is 1.80 bits per heavy atom. The summed E-state index contributed by atoms with van der Waals surface area (Å²) in [5, 5.41) is 14.3. The molecule has 1 N–H and O–H groups in total. The Labute approximate surface area is 233 Å². The molecule has 0 fully saturated rings. The second kappa shape index (κ2) is 11.3. The van der Waals surface area contributed by atoms with Gasteiger partial charge in [0, 0.05) is 29.2 Å². The van der Waals surface area contributed by atoms with Crippen LogP contribution in [0.1, 0.15) is 57.4 Å². The van der Waals surface area contributed by atoms with Crippen LogP contribution in [0, 0.1) is 0 Å². The molecule has 0 unspecified atom stereocenters. The predicted octanol–water partition coefficient (Wildman–Crippen LogP) is 5.58. The molecule has 0 aliphatic carbocycles. The lowest BCUT2D eigenvalue weighted by molar-refractivity contribution is 0.410. The van der Waals surface area contributed by atoms with Crippen LogP contribution in [0.4, 0.5) is 0 Å². The molecule has 2 aromatic carbocycles. The molecule has 40 heavy (non-hydrogen) atoms. The van der Waals surface area contributed by atoms with E-state index in [4.69, 9.17) is 9.72 Å². The van der Waals surface area contributed by atoms with Crippen LogP contribution in [0.2, 0.25) is 0 Å². The van der Waals surface area contributed by atoms with Crippen LogP contribution in [0.3, 0.4) is 0 Å². The number of benzene rings is 2. The van der Waals surface area contributed by atoms with Crippen LogP contribution >= 0.6 is 0 Å². The topological polar surface area (TPSA) is 104 Å². The highest BCUT2D eigenvalue weighted by molar-refractivity contribution is 5.78. The minimum Gasteiger partial charge on any atom is -0.495 e. The second-order valence-corrected chi connectivity index (χ2v) is 10.9. The van der Waals surface area contributed by atoms with Crippen molar-refractivity contribution >= 4 is 0 Å². The van der Waals surface area contributed by atoms with Crippen molar-refractivity contribution in [2.45, 2.75) is 58.9 Å². The minimum atomic E-state index is -0.174. The number of aromatic nitrogens is 7. The van der Waals surface area contributed by atoms with Gasteiger partial charge in [0.1, 0.15) is 5.75 Å². The van der Waals surface area contributed by atoms with Gasteiger partial charge in [-0.15, -0.1) is 5.10 Å². The van der Waals surface area contributed by atoms with E-state index < -0.39 is 0 Å². The number of tetrazole rings is 1. The van der Waals surface area contributed by atoms with Gasteiger partial charge < -0.3 is 4.74 Å². The Bertz CT molecular complexity index is 1640. The second-order valence-electron chi connectivity index (χ2n) is 10.9. The van der Waals surface area contributed by atoms with E-state index in [1.54, 1.807) is 11.7 Å². The molecule has 0 aliphatic heterocycles. The first-order valence-electron chi connectivity index (χ1n) is 13.6. The third-order valence-corrected chi connectivity index (χ3v) is 7.09. The summed E-state index contributed by atoms with van der Waals surface area (Å²) in [6, 6.07) is 17.8. The Kier molecular flexibility index (Phi) is 7.64. The molecule has 0 radical (unpaired) electrons. The normalized spacial score (nSPS) is 11.6. The zero-order valence-electron chi connectivity index (χ0n) is 23.7. The zero-order chi connectivity index (χ0) is 28.3. The third-order valence-electron chi connectivity index (χ3n) is 7.09. The Hall–Kier alpha value is -4.53. The molecule has 0 amide bonds. The molecule has 0 bridgehead atoms. The number of pyridine rings is 1. The summed E-state index contributed by atoms with van der Waals surface area (Å²) in [4.78, 5) is 18.7. The monoisotopic (exact) mass is 537 g/mol. The van der Waals surface area contributed by atoms with E-state index in [1.165, 1.54) is 0 Å². The summed E-state index contributed by atoms with van der Waals surface area (Å²) >= 11 is 0. The Morgan fingerprint density at radius 3 is 2.45 bits per heavy atom. The van der Waals surface area contributed by atoms with Crippen LogP contribution in [-0.2, 0) is 18.4 Å². The van der Waals surface area contributed by atoms with Gasteiger partial charge in [-0.1, -0.05) is 76.6 Å². The van der Waals surface area contributed by atoms with Crippen LogP contribution in [0.25, 0.3) is 28.3 Å². The van der Waals surface area contributed by atoms with Crippen LogP contribution in [-0.4, -0.2) is 41.9 Å².